The van der Waals surface area contributed by atoms with Crippen LogP contribution in [-0.4, -0.2) is 37.1 Å². The first-order chi connectivity index (χ1) is 9.29. The van der Waals surface area contributed by atoms with Gasteiger partial charge < -0.3 is 4.90 Å². The van der Waals surface area contributed by atoms with E-state index in [4.69, 9.17) is 0 Å². The van der Waals surface area contributed by atoms with Gasteiger partial charge >= 0.3 is 0 Å². The van der Waals surface area contributed by atoms with Gasteiger partial charge in [0.25, 0.3) is 0 Å². The molecule has 0 N–H and O–H groups in total. The number of anilines is 1. The van der Waals surface area contributed by atoms with Crippen molar-refractivity contribution < 1.29 is 4.39 Å². The summed E-state index contributed by atoms with van der Waals surface area (Å²) in [6.45, 7) is 6.71. The van der Waals surface area contributed by atoms with Crippen LogP contribution in [-0.2, 0) is 0 Å². The summed E-state index contributed by atoms with van der Waals surface area (Å²) in [4.78, 5) is 4.88. The van der Waals surface area contributed by atoms with E-state index >= 15 is 0 Å². The van der Waals surface area contributed by atoms with E-state index in [0.29, 0.717) is 0 Å². The number of hydrogen-bond acceptors (Lipinski definition) is 2. The Hall–Kier alpha value is -1.09. The minimum absolute atomic E-state index is 0.0793. The van der Waals surface area contributed by atoms with Crippen LogP contribution >= 0.6 is 0 Å². The number of halogens is 1. The van der Waals surface area contributed by atoms with E-state index in [1.54, 1.807) is 12.1 Å². The lowest BCUT2D eigenvalue weighted by molar-refractivity contribution is 0.201. The second-order valence-electron chi connectivity index (χ2n) is 5.84. The molecule has 2 heterocycles. The number of fused-ring (bicyclic) bond motifs is 1. The van der Waals surface area contributed by atoms with Crippen LogP contribution in [0.25, 0.3) is 0 Å². The molecule has 2 saturated heterocycles. The molecule has 2 nitrogen and oxygen atoms in total. The molecule has 19 heavy (non-hydrogen) atoms. The van der Waals surface area contributed by atoms with Gasteiger partial charge in [0.15, 0.2) is 0 Å². The third kappa shape index (κ3) is 2.48. The Morgan fingerprint density at radius 1 is 1.21 bits per heavy atom. The van der Waals surface area contributed by atoms with Crippen molar-refractivity contribution in [2.45, 2.75) is 32.2 Å². The quantitative estimate of drug-likeness (QED) is 0.825. The van der Waals surface area contributed by atoms with E-state index < -0.39 is 0 Å². The van der Waals surface area contributed by atoms with E-state index in [1.165, 1.54) is 32.4 Å². The van der Waals surface area contributed by atoms with Crippen molar-refractivity contribution in [3.05, 3.63) is 30.1 Å². The number of benzene rings is 1. The van der Waals surface area contributed by atoms with Gasteiger partial charge in [-0.25, -0.2) is 4.39 Å². The van der Waals surface area contributed by atoms with Crippen molar-refractivity contribution in [1.82, 2.24) is 4.90 Å². The molecule has 104 valence electrons. The van der Waals surface area contributed by atoms with Gasteiger partial charge in [-0.05, 0) is 50.4 Å². The maximum absolute atomic E-state index is 13.9. The predicted octanol–water partition coefficient (Wildman–Crippen LogP) is 3.14. The molecule has 2 atom stereocenters. The molecule has 3 rings (SSSR count). The van der Waals surface area contributed by atoms with Gasteiger partial charge in [-0.2, -0.15) is 0 Å². The molecule has 0 amide bonds. The van der Waals surface area contributed by atoms with Gasteiger partial charge in [0.05, 0.1) is 5.69 Å². The number of para-hydroxylation sites is 1. The lowest BCUT2D eigenvalue weighted by Gasteiger charge is -2.39. The van der Waals surface area contributed by atoms with Gasteiger partial charge in [-0.3, -0.25) is 4.90 Å². The van der Waals surface area contributed by atoms with Gasteiger partial charge in [0.2, 0.25) is 0 Å². The zero-order valence-corrected chi connectivity index (χ0v) is 11.7. The average Bonchev–Trinajstić information content (AvgIpc) is 2.82. The largest absolute Gasteiger partial charge is 0.369 e. The molecule has 2 aliphatic heterocycles. The molecule has 1 aromatic carbocycles. The normalized spacial score (nSPS) is 27.6. The lowest BCUT2D eigenvalue weighted by atomic mass is 9.92. The van der Waals surface area contributed by atoms with Crippen LogP contribution in [0.3, 0.4) is 0 Å². The first-order valence-electron chi connectivity index (χ1n) is 7.53. The SMILES string of the molecule is CCCN1CCC2CN(c3ccccc3F)CCC21. The molecular weight excluding hydrogens is 239 g/mol. The Morgan fingerprint density at radius 2 is 2.05 bits per heavy atom. The summed E-state index contributed by atoms with van der Waals surface area (Å²) in [5.41, 5.74) is 0.787. The second kappa shape index (κ2) is 5.49. The predicted molar refractivity (Wildman–Crippen MR) is 77.0 cm³/mol. The smallest absolute Gasteiger partial charge is 0.146 e. The minimum atomic E-state index is -0.0793. The lowest BCUT2D eigenvalue weighted by Crippen LogP contribution is -2.46. The van der Waals surface area contributed by atoms with Crippen LogP contribution in [0.5, 0.6) is 0 Å². The average molecular weight is 262 g/mol. The van der Waals surface area contributed by atoms with Crippen LogP contribution in [0.15, 0.2) is 24.3 Å². The first kappa shape index (κ1) is 12.9. The van der Waals surface area contributed by atoms with Crippen molar-refractivity contribution in [3.8, 4) is 0 Å². The Balaban J connectivity index is 1.70. The number of hydrogen-bond donors (Lipinski definition) is 0. The summed E-state index contributed by atoms with van der Waals surface area (Å²) >= 11 is 0. The highest BCUT2D eigenvalue weighted by molar-refractivity contribution is 5.48. The van der Waals surface area contributed by atoms with E-state index in [-0.39, 0.29) is 5.82 Å². The molecule has 0 radical (unpaired) electrons. The zero-order chi connectivity index (χ0) is 13.2. The molecule has 0 aromatic heterocycles. The summed E-state index contributed by atoms with van der Waals surface area (Å²) in [5, 5.41) is 0. The van der Waals surface area contributed by atoms with Crippen LogP contribution in [0.2, 0.25) is 0 Å². The van der Waals surface area contributed by atoms with Crippen LogP contribution < -0.4 is 4.90 Å². The number of rotatable bonds is 3. The van der Waals surface area contributed by atoms with E-state index in [1.807, 2.05) is 12.1 Å². The van der Waals surface area contributed by atoms with E-state index in [9.17, 15) is 4.39 Å². The van der Waals surface area contributed by atoms with Crippen LogP contribution in [0, 0.1) is 11.7 Å². The maximum Gasteiger partial charge on any atom is 0.146 e. The highest BCUT2D eigenvalue weighted by atomic mass is 19.1. The van der Waals surface area contributed by atoms with Gasteiger partial charge in [0, 0.05) is 19.1 Å². The topological polar surface area (TPSA) is 6.48 Å². The molecule has 0 saturated carbocycles. The maximum atomic E-state index is 13.9. The molecule has 2 fully saturated rings. The summed E-state index contributed by atoms with van der Waals surface area (Å²) in [6.07, 6.45) is 3.69. The molecule has 1 aromatic rings. The number of likely N-dealkylation sites (tertiary alicyclic amines) is 1. The molecular formula is C16H23FN2. The summed E-state index contributed by atoms with van der Waals surface area (Å²) in [6, 6.07) is 7.92. The monoisotopic (exact) mass is 262 g/mol. The Kier molecular flexibility index (Phi) is 3.74. The fourth-order valence-electron chi connectivity index (χ4n) is 3.77. The summed E-state index contributed by atoms with van der Waals surface area (Å²) in [7, 11) is 0. The second-order valence-corrected chi connectivity index (χ2v) is 5.84. The molecule has 0 spiro atoms. The molecule has 0 aliphatic carbocycles. The van der Waals surface area contributed by atoms with Crippen LogP contribution in [0.4, 0.5) is 10.1 Å². The van der Waals surface area contributed by atoms with Gasteiger partial charge in [0.1, 0.15) is 5.82 Å². The molecule has 3 heteroatoms. The fourth-order valence-corrected chi connectivity index (χ4v) is 3.77. The first-order valence-corrected chi connectivity index (χ1v) is 7.53. The van der Waals surface area contributed by atoms with Gasteiger partial charge in [-0.15, -0.1) is 0 Å². The Labute approximate surface area is 115 Å². The molecule has 2 unspecified atom stereocenters. The third-order valence-corrected chi connectivity index (χ3v) is 4.65. The van der Waals surface area contributed by atoms with Crippen molar-refractivity contribution in [2.75, 3.05) is 31.1 Å². The van der Waals surface area contributed by atoms with Crippen molar-refractivity contribution in [3.63, 3.8) is 0 Å². The highest BCUT2D eigenvalue weighted by Gasteiger charge is 2.37. The third-order valence-electron chi connectivity index (χ3n) is 4.65. The van der Waals surface area contributed by atoms with E-state index in [2.05, 4.69) is 16.7 Å². The van der Waals surface area contributed by atoms with Crippen molar-refractivity contribution in [1.29, 1.82) is 0 Å². The standard InChI is InChI=1S/C16H23FN2/c1-2-9-18-10-7-13-12-19(11-8-15(13)18)16-6-4-3-5-14(16)17/h3-6,13,15H,2,7-12H2,1H3. The highest BCUT2D eigenvalue weighted by Crippen LogP contribution is 2.34. The zero-order valence-electron chi connectivity index (χ0n) is 11.7. The van der Waals surface area contributed by atoms with Crippen molar-refractivity contribution in [2.24, 2.45) is 5.92 Å². The number of nitrogens with zero attached hydrogens (tertiary/aromatic N) is 2. The van der Waals surface area contributed by atoms with Crippen LogP contribution in [0.1, 0.15) is 26.2 Å². The summed E-state index contributed by atoms with van der Waals surface area (Å²) in [5.74, 6) is 0.643. The van der Waals surface area contributed by atoms with E-state index in [0.717, 1.165) is 30.7 Å². The molecule has 2 aliphatic rings. The Bertz CT molecular complexity index is 435. The fraction of sp³-hybridized carbons (Fsp3) is 0.625. The molecule has 0 bridgehead atoms. The number of piperidine rings is 1. The summed E-state index contributed by atoms with van der Waals surface area (Å²) < 4.78 is 13.9. The minimum Gasteiger partial charge on any atom is -0.369 e. The Morgan fingerprint density at radius 3 is 2.84 bits per heavy atom. The van der Waals surface area contributed by atoms with Gasteiger partial charge in [-0.1, -0.05) is 19.1 Å². The van der Waals surface area contributed by atoms with Crippen molar-refractivity contribution >= 4 is 5.69 Å².